The Hall–Kier alpha value is -1.46. The summed E-state index contributed by atoms with van der Waals surface area (Å²) in [5.74, 6) is -2.80. The second-order valence-corrected chi connectivity index (χ2v) is 8.74. The summed E-state index contributed by atoms with van der Waals surface area (Å²) in [6, 6.07) is 11.3. The van der Waals surface area contributed by atoms with Crippen molar-refractivity contribution in [2.45, 2.75) is 9.79 Å². The maximum atomic E-state index is 14.0. The smallest absolute Gasteiger partial charge is 0.255 e. The minimum Gasteiger partial charge on any atom is -0.592 e. The molecular weight excluding hydrogens is 414 g/mol. The Kier molecular flexibility index (Phi) is 8.71. The average molecular weight is 433 g/mol. The van der Waals surface area contributed by atoms with Crippen LogP contribution in [0.5, 0.6) is 5.75 Å². The highest BCUT2D eigenvalue weighted by atomic mass is 32.3. The maximum Gasteiger partial charge on any atom is 0.255 e. The fourth-order valence-electron chi connectivity index (χ4n) is 2.04. The summed E-state index contributed by atoms with van der Waals surface area (Å²) < 4.78 is 46.9. The van der Waals surface area contributed by atoms with E-state index in [9.17, 15) is 18.1 Å². The Bertz CT molecular complexity index is 745. The van der Waals surface area contributed by atoms with Gasteiger partial charge in [-0.2, -0.15) is 0 Å². The van der Waals surface area contributed by atoms with Crippen molar-refractivity contribution in [1.82, 2.24) is 3.71 Å². The molecule has 0 saturated heterocycles. The van der Waals surface area contributed by atoms with Gasteiger partial charge in [-0.15, -0.1) is 11.8 Å². The van der Waals surface area contributed by atoms with Crippen LogP contribution < -0.4 is 10.5 Å². The summed E-state index contributed by atoms with van der Waals surface area (Å²) in [6.45, 7) is -0.162. The molecule has 0 aromatic heterocycles. The number of carbonyl (C=O) groups excluding carboxylic acids is 1. The van der Waals surface area contributed by atoms with Crippen molar-refractivity contribution in [1.29, 1.82) is 0 Å². The van der Waals surface area contributed by atoms with Gasteiger partial charge in [-0.1, -0.05) is 21.9 Å². The van der Waals surface area contributed by atoms with E-state index < -0.39 is 41.3 Å². The summed E-state index contributed by atoms with van der Waals surface area (Å²) in [5, 5.41) is 0. The van der Waals surface area contributed by atoms with Gasteiger partial charge in [0.1, 0.15) is 0 Å². The SMILES string of the molecule is CSN(CCSc1cc(F)c(OCC(N)=O)c(F)c1)[S+]([O-])c1ccccc1. The minimum atomic E-state index is -1.33. The van der Waals surface area contributed by atoms with Gasteiger partial charge in [-0.05, 0) is 36.2 Å². The second kappa shape index (κ2) is 10.8. The van der Waals surface area contributed by atoms with Gasteiger partial charge in [0.2, 0.25) is 0 Å². The molecule has 0 aliphatic carbocycles. The van der Waals surface area contributed by atoms with Crippen molar-refractivity contribution in [2.75, 3.05) is 25.2 Å². The van der Waals surface area contributed by atoms with E-state index >= 15 is 0 Å². The first kappa shape index (κ1) is 21.8. The molecule has 2 rings (SSSR count). The molecule has 0 aliphatic heterocycles. The van der Waals surface area contributed by atoms with Crippen LogP contribution in [-0.2, 0) is 16.2 Å². The fourth-order valence-corrected chi connectivity index (χ4v) is 5.11. The van der Waals surface area contributed by atoms with Crippen LogP contribution in [0.3, 0.4) is 0 Å². The van der Waals surface area contributed by atoms with Gasteiger partial charge >= 0.3 is 0 Å². The van der Waals surface area contributed by atoms with Crippen LogP contribution in [0.4, 0.5) is 8.78 Å². The lowest BCUT2D eigenvalue weighted by Gasteiger charge is -2.21. The zero-order valence-corrected chi connectivity index (χ0v) is 16.8. The molecule has 1 atom stereocenters. The molecule has 2 N–H and O–H groups in total. The van der Waals surface area contributed by atoms with Crippen LogP contribution in [0.2, 0.25) is 0 Å². The minimum absolute atomic E-state index is 0.364. The number of ether oxygens (including phenoxy) is 1. The largest absolute Gasteiger partial charge is 0.592 e. The van der Waals surface area contributed by atoms with E-state index in [1.165, 1.54) is 23.7 Å². The van der Waals surface area contributed by atoms with Gasteiger partial charge in [0.05, 0.1) is 17.9 Å². The van der Waals surface area contributed by atoms with E-state index in [-0.39, 0.29) is 0 Å². The second-order valence-electron chi connectivity index (χ2n) is 5.12. The fraction of sp³-hybridized carbons (Fsp3) is 0.235. The Labute approximate surface area is 168 Å². The first-order valence-electron chi connectivity index (χ1n) is 7.74. The van der Waals surface area contributed by atoms with Crippen molar-refractivity contribution in [3.63, 3.8) is 0 Å². The van der Waals surface area contributed by atoms with E-state index in [2.05, 4.69) is 0 Å². The van der Waals surface area contributed by atoms with Crippen molar-refractivity contribution >= 4 is 41.0 Å². The standard InChI is InChI=1S/C17H18F2N2O3S3/c1-25-21(27(23)13-5-3-2-4-6-13)7-8-26-12-9-14(18)17(15(19)10-12)24-11-16(20)22/h2-6,9-10H,7-8,11H2,1H3,(H2,20,22). The van der Waals surface area contributed by atoms with Crippen LogP contribution in [-0.4, -0.2) is 39.3 Å². The van der Waals surface area contributed by atoms with Gasteiger partial charge in [-0.3, -0.25) is 4.79 Å². The lowest BCUT2D eigenvalue weighted by molar-refractivity contribution is -0.120. The number of rotatable bonds is 10. The van der Waals surface area contributed by atoms with Crippen LogP contribution in [0.25, 0.3) is 0 Å². The topological polar surface area (TPSA) is 78.6 Å². The molecule has 1 amide bonds. The molecule has 0 heterocycles. The number of carbonyl (C=O) groups is 1. The molecule has 5 nitrogen and oxygen atoms in total. The molecule has 27 heavy (non-hydrogen) atoms. The Morgan fingerprint density at radius 3 is 2.44 bits per heavy atom. The zero-order valence-electron chi connectivity index (χ0n) is 14.4. The highest BCUT2D eigenvalue weighted by Crippen LogP contribution is 2.29. The molecule has 0 bridgehead atoms. The van der Waals surface area contributed by atoms with Gasteiger partial charge in [0.15, 0.2) is 28.9 Å². The monoisotopic (exact) mass is 432 g/mol. The van der Waals surface area contributed by atoms with E-state index in [1.54, 1.807) is 15.8 Å². The number of nitrogens with zero attached hydrogens (tertiary/aromatic N) is 1. The maximum absolute atomic E-state index is 14.0. The summed E-state index contributed by atoms with van der Waals surface area (Å²) in [5.41, 5.74) is 4.90. The number of hydrogen-bond donors (Lipinski definition) is 1. The highest BCUT2D eigenvalue weighted by Gasteiger charge is 2.21. The number of thioether (sulfide) groups is 1. The quantitative estimate of drug-likeness (QED) is 0.353. The molecule has 0 fully saturated rings. The first-order chi connectivity index (χ1) is 12.9. The molecule has 146 valence electrons. The third-order valence-electron chi connectivity index (χ3n) is 3.21. The van der Waals surface area contributed by atoms with Gasteiger partial charge in [0.25, 0.3) is 5.91 Å². The van der Waals surface area contributed by atoms with Crippen molar-refractivity contribution in [3.05, 3.63) is 54.1 Å². The lowest BCUT2D eigenvalue weighted by Crippen LogP contribution is -2.26. The van der Waals surface area contributed by atoms with Crippen LogP contribution in [0.1, 0.15) is 0 Å². The third-order valence-corrected chi connectivity index (χ3v) is 6.83. The van der Waals surface area contributed by atoms with Gasteiger partial charge < -0.3 is 15.0 Å². The van der Waals surface area contributed by atoms with E-state index in [4.69, 9.17) is 10.5 Å². The Morgan fingerprint density at radius 2 is 1.89 bits per heavy atom. The number of amides is 1. The van der Waals surface area contributed by atoms with Gasteiger partial charge in [-0.25, -0.2) is 8.78 Å². The molecule has 2 aromatic rings. The summed E-state index contributed by atoms with van der Waals surface area (Å²) >= 11 is 1.23. The van der Waals surface area contributed by atoms with Crippen LogP contribution in [0.15, 0.2) is 52.3 Å². The lowest BCUT2D eigenvalue weighted by atomic mass is 10.3. The number of primary amides is 1. The summed E-state index contributed by atoms with van der Waals surface area (Å²) in [7, 11) is 0. The number of nitrogens with two attached hydrogens (primary N) is 1. The Balaban J connectivity index is 1.94. The molecule has 0 radical (unpaired) electrons. The van der Waals surface area contributed by atoms with Gasteiger partial charge in [0, 0.05) is 16.9 Å². The molecule has 0 spiro atoms. The predicted octanol–water partition coefficient (Wildman–Crippen LogP) is 3.22. The zero-order chi connectivity index (χ0) is 19.8. The normalized spacial score (nSPS) is 12.2. The molecular formula is C17H18F2N2O3S3. The molecule has 2 aromatic carbocycles. The van der Waals surface area contributed by atoms with E-state index in [0.717, 1.165) is 12.1 Å². The van der Waals surface area contributed by atoms with Crippen LogP contribution in [0, 0.1) is 11.6 Å². The third kappa shape index (κ3) is 6.58. The van der Waals surface area contributed by atoms with Crippen molar-refractivity contribution in [3.8, 4) is 5.75 Å². The van der Waals surface area contributed by atoms with E-state index in [1.807, 2.05) is 24.5 Å². The molecule has 0 saturated carbocycles. The van der Waals surface area contributed by atoms with E-state index in [0.29, 0.717) is 22.1 Å². The molecule has 0 aliphatic rings. The van der Waals surface area contributed by atoms with Crippen molar-refractivity contribution < 1.29 is 22.9 Å². The summed E-state index contributed by atoms with van der Waals surface area (Å²) in [4.78, 5) is 11.7. The van der Waals surface area contributed by atoms with Crippen LogP contribution >= 0.6 is 23.7 Å². The first-order valence-corrected chi connectivity index (χ1v) is 11.0. The molecule has 10 heteroatoms. The van der Waals surface area contributed by atoms with Crippen molar-refractivity contribution in [2.24, 2.45) is 5.73 Å². The highest BCUT2D eigenvalue weighted by molar-refractivity contribution is 8.08. The number of halogens is 2. The predicted molar refractivity (Wildman–Crippen MR) is 105 cm³/mol. The Morgan fingerprint density at radius 1 is 1.26 bits per heavy atom. The molecule has 1 unspecified atom stereocenters. The summed E-state index contributed by atoms with van der Waals surface area (Å²) in [6.07, 6.45) is 1.82. The number of benzene rings is 2. The average Bonchev–Trinajstić information content (AvgIpc) is 2.64. The number of hydrogen-bond acceptors (Lipinski definition) is 6.